The van der Waals surface area contributed by atoms with Crippen molar-refractivity contribution in [1.82, 2.24) is 0 Å². The minimum atomic E-state index is -1.88. The van der Waals surface area contributed by atoms with Crippen LogP contribution in [0.4, 0.5) is 0 Å². The third kappa shape index (κ3) is 18.1. The van der Waals surface area contributed by atoms with Gasteiger partial charge in [0.15, 0.2) is 43.7 Å². The number of hydrogen-bond acceptors (Lipinski definition) is 23. The van der Waals surface area contributed by atoms with Gasteiger partial charge in [0.05, 0.1) is 36.6 Å². The number of rotatable bonds is 19. The first-order valence-electron chi connectivity index (χ1n) is 29.8. The minimum absolute atomic E-state index is 0.0123. The number of aliphatic hydroxyl groups excluding tert-OH is 9. The maximum atomic E-state index is 14.1. The summed E-state index contributed by atoms with van der Waals surface area (Å²) in [7, 11) is 0. The summed E-state index contributed by atoms with van der Waals surface area (Å²) in [6, 6.07) is 0. The van der Waals surface area contributed by atoms with E-state index in [-0.39, 0.29) is 18.9 Å². The van der Waals surface area contributed by atoms with Gasteiger partial charge in [-0.1, -0.05) is 110 Å². The van der Waals surface area contributed by atoms with Gasteiger partial charge in [0.2, 0.25) is 0 Å². The molecule has 26 atom stereocenters. The average molecular weight is 1140 g/mol. The fourth-order valence-electron chi connectivity index (χ4n) is 11.4. The molecule has 6 fully saturated rings. The van der Waals surface area contributed by atoms with E-state index < -0.39 is 165 Å². The van der Waals surface area contributed by atoms with Gasteiger partial charge in [0.1, 0.15) is 79.4 Å². The van der Waals surface area contributed by atoms with Crippen molar-refractivity contribution in [3.63, 3.8) is 0 Å². The molecule has 0 unspecified atom stereocenters. The summed E-state index contributed by atoms with van der Waals surface area (Å²) in [5.74, 6) is -1.42. The minimum Gasteiger partial charge on any atom is -0.454 e. The molecule has 0 radical (unpaired) electrons. The molecule has 23 heteroatoms. The average Bonchev–Trinajstić information content (AvgIpc) is 3.47. The lowest BCUT2D eigenvalue weighted by atomic mass is 9.95. The molecule has 0 saturated carbocycles. The zero-order chi connectivity index (χ0) is 57.5. The fraction of sp³-hybridized carbons (Fsp3) is 0.964. The van der Waals surface area contributed by atoms with Crippen molar-refractivity contribution in [2.24, 2.45) is 0 Å². The van der Waals surface area contributed by atoms with Crippen molar-refractivity contribution in [2.75, 3.05) is 0 Å². The summed E-state index contributed by atoms with van der Waals surface area (Å²) in [5, 5.41) is 101. The Morgan fingerprint density at radius 1 is 0.443 bits per heavy atom. The zero-order valence-corrected chi connectivity index (χ0v) is 47.6. The van der Waals surface area contributed by atoms with Crippen LogP contribution in [-0.2, 0) is 66.4 Å². The van der Waals surface area contributed by atoms with Crippen molar-refractivity contribution in [3.8, 4) is 0 Å². The molecule has 0 aliphatic carbocycles. The van der Waals surface area contributed by atoms with E-state index in [1.807, 2.05) is 0 Å². The van der Waals surface area contributed by atoms with E-state index in [0.717, 1.165) is 103 Å². The number of carbonyl (C=O) groups excluding carboxylic acids is 2. The monoisotopic (exact) mass is 1140 g/mol. The Bertz CT molecular complexity index is 1770. The van der Waals surface area contributed by atoms with Crippen LogP contribution in [0.1, 0.15) is 183 Å². The molecule has 0 bridgehead atoms. The molecule has 6 aliphatic rings. The summed E-state index contributed by atoms with van der Waals surface area (Å²) >= 11 is 0. The molecular weight excluding hydrogens is 1040 g/mol. The highest BCUT2D eigenvalue weighted by molar-refractivity contribution is 5.70. The van der Waals surface area contributed by atoms with Gasteiger partial charge in [-0.2, -0.15) is 0 Å². The first kappa shape index (κ1) is 66.3. The van der Waals surface area contributed by atoms with E-state index in [1.54, 1.807) is 13.8 Å². The standard InChI is InChI=1S/C56H98O23/c1-8-10-12-13-15-19-24-28-36(58)75-51-50(79-53-44(66)41(63)38(60)30(4)69-53)47(77-52-43(65)40(62)37(59)29(3)68-52)33(7)72-56(51)76-46-32(6)71-55-49(45(46)67)74-35(57)27-23-20-17-14-16-18-22-26-34(25-21-11-9-2)73-54-48(78-55)42(64)39(61)31(5)70-54/h29-34,37-56,59-67H,8-28H2,1-7H3/t29-,30-,31+,32-,33-,34-,37-,38-,39-,40+,41+,42-,43+,44+,45+,46-,47-,48+,49+,50+,51+,52-,53-,54-,55-,56-/m0/s1. The lowest BCUT2D eigenvalue weighted by Crippen LogP contribution is -2.68. The zero-order valence-electron chi connectivity index (χ0n) is 47.6. The number of hydrogen-bond donors (Lipinski definition) is 9. The van der Waals surface area contributed by atoms with Gasteiger partial charge in [-0.05, 0) is 60.3 Å². The lowest BCUT2D eigenvalue weighted by molar-refractivity contribution is -0.399. The lowest BCUT2D eigenvalue weighted by Gasteiger charge is -2.51. The first-order chi connectivity index (χ1) is 37.7. The molecule has 460 valence electrons. The maximum Gasteiger partial charge on any atom is 0.306 e. The normalized spacial score (nSPS) is 44.3. The summed E-state index contributed by atoms with van der Waals surface area (Å²) in [4.78, 5) is 27.9. The Kier molecular flexibility index (Phi) is 27.2. The molecule has 6 aliphatic heterocycles. The van der Waals surface area contributed by atoms with Crippen LogP contribution in [0.2, 0.25) is 0 Å². The first-order valence-corrected chi connectivity index (χ1v) is 29.8. The van der Waals surface area contributed by atoms with Gasteiger partial charge in [0.25, 0.3) is 0 Å². The summed E-state index contributed by atoms with van der Waals surface area (Å²) < 4.78 is 75.8. The Balaban J connectivity index is 1.34. The van der Waals surface area contributed by atoms with E-state index in [1.165, 1.54) is 20.8 Å². The van der Waals surface area contributed by atoms with Gasteiger partial charge in [-0.15, -0.1) is 0 Å². The Morgan fingerprint density at radius 2 is 0.924 bits per heavy atom. The van der Waals surface area contributed by atoms with Crippen molar-refractivity contribution in [2.45, 2.75) is 343 Å². The van der Waals surface area contributed by atoms with Crippen LogP contribution in [0.25, 0.3) is 0 Å². The van der Waals surface area contributed by atoms with Crippen LogP contribution in [0, 0.1) is 0 Å². The summed E-state index contributed by atoms with van der Waals surface area (Å²) in [6.07, 6.45) is -21.3. The highest BCUT2D eigenvalue weighted by Gasteiger charge is 2.58. The Morgan fingerprint density at radius 3 is 1.56 bits per heavy atom. The molecular formula is C56H98O23. The predicted molar refractivity (Wildman–Crippen MR) is 278 cm³/mol. The quantitative estimate of drug-likeness (QED) is 0.0663. The highest BCUT2D eigenvalue weighted by Crippen LogP contribution is 2.39. The van der Waals surface area contributed by atoms with Crippen LogP contribution in [0.3, 0.4) is 0 Å². The Labute approximate surface area is 466 Å². The molecule has 6 rings (SSSR count). The molecule has 0 spiro atoms. The second-order valence-corrected chi connectivity index (χ2v) is 22.9. The smallest absolute Gasteiger partial charge is 0.306 e. The van der Waals surface area contributed by atoms with Crippen LogP contribution in [-0.4, -0.2) is 218 Å². The maximum absolute atomic E-state index is 14.1. The van der Waals surface area contributed by atoms with Crippen LogP contribution in [0.5, 0.6) is 0 Å². The predicted octanol–water partition coefficient (Wildman–Crippen LogP) is 2.95. The molecule has 6 heterocycles. The molecule has 0 aromatic rings. The van der Waals surface area contributed by atoms with Gasteiger partial charge in [-0.25, -0.2) is 0 Å². The van der Waals surface area contributed by atoms with E-state index >= 15 is 0 Å². The van der Waals surface area contributed by atoms with Crippen molar-refractivity contribution in [3.05, 3.63) is 0 Å². The molecule has 6 saturated heterocycles. The van der Waals surface area contributed by atoms with E-state index in [0.29, 0.717) is 19.3 Å². The number of unbranched alkanes of at least 4 members (excludes halogenated alkanes) is 8. The number of carbonyl (C=O) groups is 2. The number of ether oxygens (including phenoxy) is 12. The van der Waals surface area contributed by atoms with Gasteiger partial charge in [-0.3, -0.25) is 9.59 Å². The molecule has 79 heavy (non-hydrogen) atoms. The van der Waals surface area contributed by atoms with Gasteiger partial charge < -0.3 is 103 Å². The van der Waals surface area contributed by atoms with Crippen LogP contribution in [0.15, 0.2) is 0 Å². The second-order valence-electron chi connectivity index (χ2n) is 22.9. The second kappa shape index (κ2) is 32.5. The number of aliphatic hydroxyl groups is 9. The number of fused-ring (bicyclic) bond motifs is 2. The third-order valence-electron chi connectivity index (χ3n) is 16.4. The summed E-state index contributed by atoms with van der Waals surface area (Å²) in [6.45, 7) is 11.8. The van der Waals surface area contributed by atoms with Crippen molar-refractivity contribution >= 4 is 11.9 Å². The van der Waals surface area contributed by atoms with Crippen LogP contribution < -0.4 is 0 Å². The van der Waals surface area contributed by atoms with E-state index in [9.17, 15) is 55.5 Å². The van der Waals surface area contributed by atoms with Crippen molar-refractivity contribution < 1.29 is 112 Å². The largest absolute Gasteiger partial charge is 0.454 e. The SMILES string of the molecule is CCCCCCCCCC(=O)O[C@H]1[C@H](O[C@@H]2[C@@H](O)[C@H]3OC(=O)CCCCCCCCC[C@H](CCCCC)O[C@@H]4O[C@H](C)[C@H](O)[C@H](O)[C@H]4O[C@@H]3O[C@H]2C)O[C@@H](C)[C@H](O[C@@H]2O[C@@H](C)[C@H](O)[C@@H](O)[C@H]2O)[C@H]1O[C@@H]1O[C@@H](C)[C@H](O)[C@@H](O)[C@H]1O. The Hall–Kier alpha value is -1.82. The van der Waals surface area contributed by atoms with E-state index in [2.05, 4.69) is 13.8 Å². The van der Waals surface area contributed by atoms with Crippen molar-refractivity contribution in [1.29, 1.82) is 0 Å². The molecule has 0 amide bonds. The number of esters is 2. The highest BCUT2D eigenvalue weighted by atomic mass is 16.8. The third-order valence-corrected chi connectivity index (χ3v) is 16.4. The molecule has 9 N–H and O–H groups in total. The molecule has 0 aromatic carbocycles. The molecule has 0 aromatic heterocycles. The van der Waals surface area contributed by atoms with Gasteiger partial charge in [0, 0.05) is 12.8 Å². The summed E-state index contributed by atoms with van der Waals surface area (Å²) in [5.41, 5.74) is 0. The topological polar surface area (TPSA) is 327 Å². The molecule has 23 nitrogen and oxygen atoms in total. The van der Waals surface area contributed by atoms with E-state index in [4.69, 9.17) is 56.8 Å². The van der Waals surface area contributed by atoms with Crippen LogP contribution >= 0.6 is 0 Å². The fourth-order valence-corrected chi connectivity index (χ4v) is 11.4. The van der Waals surface area contributed by atoms with Gasteiger partial charge >= 0.3 is 11.9 Å².